The van der Waals surface area contributed by atoms with Gasteiger partial charge in [-0.3, -0.25) is 0 Å². The number of hydrogen-bond acceptors (Lipinski definition) is 3. The highest BCUT2D eigenvalue weighted by molar-refractivity contribution is 5.46. The summed E-state index contributed by atoms with van der Waals surface area (Å²) < 4.78 is 1.72. The molecule has 4 nitrogen and oxygen atoms in total. The van der Waals surface area contributed by atoms with Gasteiger partial charge >= 0.3 is 0 Å². The predicted octanol–water partition coefficient (Wildman–Crippen LogP) is -0.150. The van der Waals surface area contributed by atoms with Gasteiger partial charge in [0.2, 0.25) is 0 Å². The molecule has 4 N–H and O–H groups in total. The van der Waals surface area contributed by atoms with Gasteiger partial charge in [-0.1, -0.05) is 0 Å². The van der Waals surface area contributed by atoms with E-state index in [0.717, 1.165) is 0 Å². The molecular formula is C6H12N4. The number of hydrogen-bond donors (Lipinski definition) is 2. The Morgan fingerprint density at radius 3 is 1.80 bits per heavy atom. The number of nitrogens with zero attached hydrogens (tertiary/aromatic N) is 2. The second-order valence-electron chi connectivity index (χ2n) is 2.34. The van der Waals surface area contributed by atoms with Crippen molar-refractivity contribution in [3.8, 4) is 0 Å². The Bertz CT molecular complexity index is 206. The summed E-state index contributed by atoms with van der Waals surface area (Å²) in [6.45, 7) is 0. The van der Waals surface area contributed by atoms with Crippen LogP contribution in [0.2, 0.25) is 0 Å². The monoisotopic (exact) mass is 140 g/mol. The van der Waals surface area contributed by atoms with Crippen molar-refractivity contribution in [2.24, 2.45) is 0 Å². The maximum absolute atomic E-state index is 5.58. The number of aromatic nitrogens is 1. The van der Waals surface area contributed by atoms with Gasteiger partial charge in [-0.25, -0.2) is 4.68 Å². The normalized spacial score (nSPS) is 9.80. The van der Waals surface area contributed by atoms with Crippen molar-refractivity contribution in [1.82, 2.24) is 4.68 Å². The second kappa shape index (κ2) is 2.13. The zero-order valence-electron chi connectivity index (χ0n) is 6.20. The summed E-state index contributed by atoms with van der Waals surface area (Å²) in [6, 6.07) is 3.55. The Kier molecular flexibility index (Phi) is 1.45. The lowest BCUT2D eigenvalue weighted by Crippen LogP contribution is -2.27. The zero-order chi connectivity index (χ0) is 7.72. The molecule has 0 aliphatic carbocycles. The van der Waals surface area contributed by atoms with Crippen LogP contribution in [-0.2, 0) is 0 Å². The molecule has 1 rings (SSSR count). The van der Waals surface area contributed by atoms with Crippen LogP contribution in [0.15, 0.2) is 12.1 Å². The van der Waals surface area contributed by atoms with Gasteiger partial charge in [0.15, 0.2) is 0 Å². The van der Waals surface area contributed by atoms with Gasteiger partial charge in [0.25, 0.3) is 0 Å². The van der Waals surface area contributed by atoms with Gasteiger partial charge in [0.05, 0.1) is 0 Å². The Balaban J connectivity index is 3.10. The van der Waals surface area contributed by atoms with Gasteiger partial charge in [0, 0.05) is 14.1 Å². The lowest BCUT2D eigenvalue weighted by Gasteiger charge is -2.17. The van der Waals surface area contributed by atoms with Crippen molar-refractivity contribution in [2.75, 3.05) is 30.6 Å². The third-order valence-electron chi connectivity index (χ3n) is 1.31. The molecular weight excluding hydrogens is 128 g/mol. The highest BCUT2D eigenvalue weighted by Gasteiger charge is 2.01. The lowest BCUT2D eigenvalue weighted by atomic mass is 10.6. The molecule has 0 fully saturated rings. The van der Waals surface area contributed by atoms with Crippen LogP contribution >= 0.6 is 0 Å². The third-order valence-corrected chi connectivity index (χ3v) is 1.31. The largest absolute Gasteiger partial charge is 0.384 e. The van der Waals surface area contributed by atoms with Crippen LogP contribution in [0.4, 0.5) is 11.6 Å². The molecule has 1 aromatic rings. The summed E-state index contributed by atoms with van der Waals surface area (Å²) in [6.07, 6.45) is 0. The fourth-order valence-electron chi connectivity index (χ4n) is 0.923. The van der Waals surface area contributed by atoms with E-state index in [4.69, 9.17) is 11.5 Å². The molecule has 0 saturated carbocycles. The number of nitrogens with two attached hydrogens (primary N) is 2. The maximum atomic E-state index is 5.58. The van der Waals surface area contributed by atoms with Crippen molar-refractivity contribution < 1.29 is 0 Å². The van der Waals surface area contributed by atoms with Gasteiger partial charge in [-0.2, -0.15) is 0 Å². The molecule has 0 aromatic carbocycles. The van der Waals surface area contributed by atoms with E-state index in [0.29, 0.717) is 11.6 Å². The van der Waals surface area contributed by atoms with E-state index in [1.807, 2.05) is 19.1 Å². The number of rotatable bonds is 1. The molecule has 0 amide bonds. The molecule has 1 aromatic heterocycles. The summed E-state index contributed by atoms with van der Waals surface area (Å²) in [5.74, 6) is 1.31. The molecule has 0 unspecified atom stereocenters. The molecule has 10 heavy (non-hydrogen) atoms. The second-order valence-corrected chi connectivity index (χ2v) is 2.34. The molecule has 56 valence electrons. The van der Waals surface area contributed by atoms with Crippen molar-refractivity contribution in [3.63, 3.8) is 0 Å². The van der Waals surface area contributed by atoms with Crippen molar-refractivity contribution >= 4 is 11.6 Å². The van der Waals surface area contributed by atoms with Crippen LogP contribution < -0.4 is 16.5 Å². The summed E-state index contributed by atoms with van der Waals surface area (Å²) in [4.78, 5) is 0. The van der Waals surface area contributed by atoms with E-state index in [1.165, 1.54) is 0 Å². The molecule has 1 heterocycles. The van der Waals surface area contributed by atoms with Gasteiger partial charge in [-0.15, -0.1) is 0 Å². The highest BCUT2D eigenvalue weighted by Crippen LogP contribution is 2.11. The van der Waals surface area contributed by atoms with Crippen LogP contribution in [0.3, 0.4) is 0 Å². The van der Waals surface area contributed by atoms with Crippen molar-refractivity contribution in [3.05, 3.63) is 12.1 Å². The summed E-state index contributed by atoms with van der Waals surface area (Å²) in [5, 5.41) is 1.82. The maximum Gasteiger partial charge on any atom is 0.124 e. The van der Waals surface area contributed by atoms with Crippen molar-refractivity contribution in [2.45, 2.75) is 0 Å². The van der Waals surface area contributed by atoms with Gasteiger partial charge < -0.3 is 16.5 Å². The molecule has 4 heteroatoms. The van der Waals surface area contributed by atoms with E-state index in [2.05, 4.69) is 0 Å². The SMILES string of the molecule is CN(C)n1c(N)ccc1N. The van der Waals surface area contributed by atoms with Crippen molar-refractivity contribution in [1.29, 1.82) is 0 Å². The quantitative estimate of drug-likeness (QED) is 0.570. The average molecular weight is 140 g/mol. The smallest absolute Gasteiger partial charge is 0.124 e. The first-order valence-corrected chi connectivity index (χ1v) is 3.03. The Morgan fingerprint density at radius 2 is 1.60 bits per heavy atom. The fourth-order valence-corrected chi connectivity index (χ4v) is 0.923. The molecule has 0 saturated heterocycles. The minimum absolute atomic E-state index is 0.655. The van der Waals surface area contributed by atoms with Crippen LogP contribution in [0.25, 0.3) is 0 Å². The summed E-state index contributed by atoms with van der Waals surface area (Å²) in [5.41, 5.74) is 11.2. The standard InChI is InChI=1S/C6H12N4/c1-9(2)10-5(7)3-4-6(10)8/h3-4H,7-8H2,1-2H3. The third kappa shape index (κ3) is 0.877. The first kappa shape index (κ1) is 6.80. The van der Waals surface area contributed by atoms with Gasteiger partial charge in [0.1, 0.15) is 11.6 Å². The Morgan fingerprint density at radius 1 is 1.20 bits per heavy atom. The summed E-state index contributed by atoms with van der Waals surface area (Å²) >= 11 is 0. The minimum Gasteiger partial charge on any atom is -0.384 e. The number of nitrogen functional groups attached to an aromatic ring is 2. The van der Waals surface area contributed by atoms with E-state index >= 15 is 0 Å². The Hall–Kier alpha value is -1.32. The predicted molar refractivity (Wildman–Crippen MR) is 43.3 cm³/mol. The molecule has 0 spiro atoms. The van der Waals surface area contributed by atoms with Crippen LogP contribution in [-0.4, -0.2) is 18.8 Å². The van der Waals surface area contributed by atoms with Gasteiger partial charge in [-0.05, 0) is 12.1 Å². The Labute approximate surface area is 60.0 Å². The first-order chi connectivity index (χ1) is 4.63. The average Bonchev–Trinajstić information content (AvgIpc) is 2.11. The van der Waals surface area contributed by atoms with E-state index < -0.39 is 0 Å². The zero-order valence-corrected chi connectivity index (χ0v) is 6.20. The molecule has 0 bridgehead atoms. The van der Waals surface area contributed by atoms with E-state index in [1.54, 1.807) is 16.8 Å². The topological polar surface area (TPSA) is 60.2 Å². The molecule has 0 aliphatic rings. The van der Waals surface area contributed by atoms with Crippen LogP contribution in [0, 0.1) is 0 Å². The minimum atomic E-state index is 0.655. The number of anilines is 2. The first-order valence-electron chi connectivity index (χ1n) is 3.03. The van der Waals surface area contributed by atoms with Crippen LogP contribution in [0.1, 0.15) is 0 Å². The lowest BCUT2D eigenvalue weighted by molar-refractivity contribution is 0.756. The van der Waals surface area contributed by atoms with E-state index in [9.17, 15) is 0 Å². The van der Waals surface area contributed by atoms with Crippen LogP contribution in [0.5, 0.6) is 0 Å². The molecule has 0 aliphatic heterocycles. The molecule has 0 radical (unpaired) electrons. The fraction of sp³-hybridized carbons (Fsp3) is 0.333. The summed E-state index contributed by atoms with van der Waals surface area (Å²) in [7, 11) is 3.76. The molecule has 0 atom stereocenters. The van der Waals surface area contributed by atoms with E-state index in [-0.39, 0.29) is 0 Å². The highest BCUT2D eigenvalue weighted by atomic mass is 15.5.